The van der Waals surface area contributed by atoms with E-state index in [1.807, 2.05) is 62.4 Å². The molecule has 30 heavy (non-hydrogen) atoms. The van der Waals surface area contributed by atoms with Gasteiger partial charge in [0.15, 0.2) is 0 Å². The molecule has 3 aromatic rings. The highest BCUT2D eigenvalue weighted by molar-refractivity contribution is 5.72. The van der Waals surface area contributed by atoms with Crippen LogP contribution < -0.4 is 19.9 Å². The van der Waals surface area contributed by atoms with Crippen LogP contribution in [0.25, 0.3) is 11.3 Å². The molecule has 7 heteroatoms. The Bertz CT molecular complexity index is 1140. The molecule has 152 valence electrons. The lowest BCUT2D eigenvalue weighted by Crippen LogP contribution is -2.21. The van der Waals surface area contributed by atoms with Crippen molar-refractivity contribution < 1.29 is 14.2 Å². The molecule has 1 aliphatic heterocycles. The number of nitrogens with two attached hydrogens (primary N) is 1. The maximum absolute atomic E-state index is 9.90. The number of H-pyrrole nitrogens is 1. The third kappa shape index (κ3) is 3.33. The standard InChI is InChI=1S/C23H22N4O3/c1-13(2)29-18-7-5-4-6-16(18)19-17(12-24)22(25)30-23-20(19)21(26-27-23)14-8-10-15(28-3)11-9-14/h4-11,13,19H,25H2,1-3H3,(H,26,27)/t19-/m1/s1. The molecule has 1 aliphatic rings. The summed E-state index contributed by atoms with van der Waals surface area (Å²) in [7, 11) is 1.62. The number of rotatable bonds is 5. The second-order valence-electron chi connectivity index (χ2n) is 7.18. The van der Waals surface area contributed by atoms with E-state index in [1.165, 1.54) is 0 Å². The summed E-state index contributed by atoms with van der Waals surface area (Å²) in [4.78, 5) is 0. The van der Waals surface area contributed by atoms with Crippen LogP contribution in [0.5, 0.6) is 17.4 Å². The number of para-hydroxylation sites is 1. The van der Waals surface area contributed by atoms with Crippen molar-refractivity contribution in [1.29, 1.82) is 5.26 Å². The quantitative estimate of drug-likeness (QED) is 0.666. The molecule has 0 unspecified atom stereocenters. The molecule has 0 aliphatic carbocycles. The van der Waals surface area contributed by atoms with E-state index in [0.29, 0.717) is 17.2 Å². The Morgan fingerprint density at radius 3 is 2.57 bits per heavy atom. The second kappa shape index (κ2) is 7.84. The number of methoxy groups -OCH3 is 1. The van der Waals surface area contributed by atoms with Crippen molar-refractivity contribution in [3.05, 3.63) is 71.1 Å². The zero-order chi connectivity index (χ0) is 21.3. The maximum Gasteiger partial charge on any atom is 0.244 e. The van der Waals surface area contributed by atoms with Crippen molar-refractivity contribution in [2.24, 2.45) is 5.73 Å². The molecule has 0 spiro atoms. The number of hydrogen-bond donors (Lipinski definition) is 2. The molecule has 7 nitrogen and oxygen atoms in total. The van der Waals surface area contributed by atoms with Gasteiger partial charge in [-0.2, -0.15) is 5.26 Å². The average molecular weight is 402 g/mol. The Kier molecular flexibility index (Phi) is 5.07. The van der Waals surface area contributed by atoms with Crippen LogP contribution >= 0.6 is 0 Å². The fourth-order valence-corrected chi connectivity index (χ4v) is 3.61. The number of ether oxygens (including phenoxy) is 3. The van der Waals surface area contributed by atoms with Gasteiger partial charge in [0.1, 0.15) is 23.1 Å². The van der Waals surface area contributed by atoms with E-state index in [2.05, 4.69) is 16.3 Å². The number of hydrogen-bond acceptors (Lipinski definition) is 6. The summed E-state index contributed by atoms with van der Waals surface area (Å²) in [6.45, 7) is 3.92. The van der Waals surface area contributed by atoms with E-state index in [0.717, 1.165) is 28.1 Å². The zero-order valence-electron chi connectivity index (χ0n) is 17.0. The van der Waals surface area contributed by atoms with Gasteiger partial charge in [0, 0.05) is 11.1 Å². The molecular formula is C23H22N4O3. The summed E-state index contributed by atoms with van der Waals surface area (Å²) >= 11 is 0. The normalized spacial score (nSPS) is 15.4. The molecule has 0 saturated heterocycles. The molecule has 2 aromatic carbocycles. The fourth-order valence-electron chi connectivity index (χ4n) is 3.61. The highest BCUT2D eigenvalue weighted by Crippen LogP contribution is 2.48. The predicted octanol–water partition coefficient (Wildman–Crippen LogP) is 4.09. The zero-order valence-corrected chi connectivity index (χ0v) is 17.0. The maximum atomic E-state index is 9.90. The minimum atomic E-state index is -0.482. The van der Waals surface area contributed by atoms with Crippen LogP contribution in [0, 0.1) is 11.3 Å². The second-order valence-corrected chi connectivity index (χ2v) is 7.18. The van der Waals surface area contributed by atoms with E-state index in [-0.39, 0.29) is 12.0 Å². The fraction of sp³-hybridized carbons (Fsp3) is 0.217. The van der Waals surface area contributed by atoms with Gasteiger partial charge in [0.2, 0.25) is 11.8 Å². The number of nitrogens with one attached hydrogen (secondary N) is 1. The summed E-state index contributed by atoms with van der Waals surface area (Å²) in [6.07, 6.45) is -0.0252. The molecule has 0 radical (unpaired) electrons. The van der Waals surface area contributed by atoms with Crippen LogP contribution in [0.3, 0.4) is 0 Å². The topological polar surface area (TPSA) is 106 Å². The Balaban J connectivity index is 1.92. The van der Waals surface area contributed by atoms with Crippen molar-refractivity contribution in [1.82, 2.24) is 10.2 Å². The molecule has 0 bridgehead atoms. The minimum absolute atomic E-state index is 0.0252. The van der Waals surface area contributed by atoms with E-state index < -0.39 is 5.92 Å². The van der Waals surface area contributed by atoms with E-state index in [4.69, 9.17) is 19.9 Å². The molecule has 1 atom stereocenters. The van der Waals surface area contributed by atoms with Crippen molar-refractivity contribution >= 4 is 0 Å². The Morgan fingerprint density at radius 2 is 1.90 bits per heavy atom. The molecule has 1 aromatic heterocycles. The summed E-state index contributed by atoms with van der Waals surface area (Å²) in [6, 6.07) is 17.5. The van der Waals surface area contributed by atoms with Gasteiger partial charge in [-0.3, -0.25) is 5.10 Å². The van der Waals surface area contributed by atoms with Gasteiger partial charge in [0.25, 0.3) is 0 Å². The van der Waals surface area contributed by atoms with Crippen molar-refractivity contribution in [3.8, 4) is 34.7 Å². The van der Waals surface area contributed by atoms with Gasteiger partial charge in [-0.1, -0.05) is 18.2 Å². The van der Waals surface area contributed by atoms with Crippen molar-refractivity contribution in [3.63, 3.8) is 0 Å². The number of aromatic amines is 1. The van der Waals surface area contributed by atoms with Crippen LogP contribution in [0.2, 0.25) is 0 Å². The first kappa shape index (κ1) is 19.4. The SMILES string of the molecule is COc1ccc(-c2[nH]nc3c2[C@H](c2ccccc2OC(C)C)C(C#N)=C(N)O3)cc1. The largest absolute Gasteiger partial charge is 0.497 e. The van der Waals surface area contributed by atoms with E-state index >= 15 is 0 Å². The summed E-state index contributed by atoms with van der Waals surface area (Å²) in [5.41, 5.74) is 9.61. The first-order chi connectivity index (χ1) is 14.5. The Hall–Kier alpha value is -3.92. The molecule has 3 N–H and O–H groups in total. The van der Waals surface area contributed by atoms with Crippen molar-refractivity contribution in [2.75, 3.05) is 7.11 Å². The monoisotopic (exact) mass is 402 g/mol. The van der Waals surface area contributed by atoms with Gasteiger partial charge in [-0.15, -0.1) is 5.10 Å². The van der Waals surface area contributed by atoms with Crippen LogP contribution in [0.15, 0.2) is 60.0 Å². The lowest BCUT2D eigenvalue weighted by molar-refractivity contribution is 0.239. The smallest absolute Gasteiger partial charge is 0.244 e. The number of nitrogens with zero attached hydrogens (tertiary/aromatic N) is 2. The average Bonchev–Trinajstić information content (AvgIpc) is 3.16. The number of benzene rings is 2. The van der Waals surface area contributed by atoms with Crippen LogP contribution in [0.4, 0.5) is 0 Å². The van der Waals surface area contributed by atoms with Gasteiger partial charge in [-0.05, 0) is 44.2 Å². The summed E-state index contributed by atoms with van der Waals surface area (Å²) in [5, 5.41) is 17.3. The van der Waals surface area contributed by atoms with Gasteiger partial charge in [-0.25, -0.2) is 0 Å². The van der Waals surface area contributed by atoms with Gasteiger partial charge >= 0.3 is 0 Å². The number of fused-ring (bicyclic) bond motifs is 1. The summed E-state index contributed by atoms with van der Waals surface area (Å²) in [5.74, 6) is 1.35. The van der Waals surface area contributed by atoms with Gasteiger partial charge in [0.05, 0.1) is 30.4 Å². The Labute approximate surface area is 174 Å². The van der Waals surface area contributed by atoms with Crippen LogP contribution in [-0.4, -0.2) is 23.4 Å². The first-order valence-corrected chi connectivity index (χ1v) is 9.59. The molecular weight excluding hydrogens is 380 g/mol. The van der Waals surface area contributed by atoms with Crippen LogP contribution in [-0.2, 0) is 0 Å². The number of allylic oxidation sites excluding steroid dienone is 1. The third-order valence-corrected chi connectivity index (χ3v) is 4.91. The van der Waals surface area contributed by atoms with E-state index in [1.54, 1.807) is 7.11 Å². The lowest BCUT2D eigenvalue weighted by Gasteiger charge is -2.26. The lowest BCUT2D eigenvalue weighted by atomic mass is 9.82. The molecule has 2 heterocycles. The predicted molar refractivity (Wildman–Crippen MR) is 112 cm³/mol. The highest BCUT2D eigenvalue weighted by atomic mass is 16.5. The van der Waals surface area contributed by atoms with E-state index in [9.17, 15) is 5.26 Å². The number of aromatic nitrogens is 2. The molecule has 0 amide bonds. The summed E-state index contributed by atoms with van der Waals surface area (Å²) < 4.78 is 17.0. The van der Waals surface area contributed by atoms with Crippen molar-refractivity contribution in [2.45, 2.75) is 25.9 Å². The minimum Gasteiger partial charge on any atom is -0.497 e. The highest BCUT2D eigenvalue weighted by Gasteiger charge is 2.37. The molecule has 0 fully saturated rings. The number of nitriles is 1. The van der Waals surface area contributed by atoms with Gasteiger partial charge < -0.3 is 19.9 Å². The third-order valence-electron chi connectivity index (χ3n) is 4.91. The Morgan fingerprint density at radius 1 is 1.17 bits per heavy atom. The van der Waals surface area contributed by atoms with Crippen LogP contribution in [0.1, 0.15) is 30.9 Å². The molecule has 0 saturated carbocycles. The molecule has 4 rings (SSSR count). The first-order valence-electron chi connectivity index (χ1n) is 9.59.